The second-order valence-corrected chi connectivity index (χ2v) is 10.7. The van der Waals surface area contributed by atoms with Gasteiger partial charge >= 0.3 is 0 Å². The molecule has 1 atom stereocenters. The van der Waals surface area contributed by atoms with Crippen molar-refractivity contribution in [2.75, 3.05) is 40.5 Å². The van der Waals surface area contributed by atoms with Gasteiger partial charge in [-0.15, -0.1) is 0 Å². The summed E-state index contributed by atoms with van der Waals surface area (Å²) in [6.45, 7) is 1.33. The Morgan fingerprint density at radius 1 is 0.972 bits per heavy atom. The Labute approximate surface area is 211 Å². The fourth-order valence-electron chi connectivity index (χ4n) is 4.63. The van der Waals surface area contributed by atoms with Crippen LogP contribution in [0.1, 0.15) is 36.4 Å². The van der Waals surface area contributed by atoms with Crippen LogP contribution in [0.15, 0.2) is 59.0 Å². The van der Waals surface area contributed by atoms with Crippen LogP contribution in [0.3, 0.4) is 0 Å². The molecule has 2 saturated heterocycles. The molecule has 0 radical (unpaired) electrons. The molecular formula is C26H30N2O7S. The Bertz CT molecular complexity index is 1250. The van der Waals surface area contributed by atoms with E-state index < -0.39 is 27.8 Å². The molecule has 2 fully saturated rings. The van der Waals surface area contributed by atoms with Crippen molar-refractivity contribution in [2.45, 2.75) is 30.2 Å². The number of aliphatic hydroxyl groups excluding tert-OH is 1. The maximum atomic E-state index is 13.1. The number of ketones is 1. The van der Waals surface area contributed by atoms with Crippen molar-refractivity contribution in [3.63, 3.8) is 0 Å². The van der Waals surface area contributed by atoms with E-state index in [1.54, 1.807) is 24.3 Å². The van der Waals surface area contributed by atoms with E-state index in [0.717, 1.165) is 19.3 Å². The van der Waals surface area contributed by atoms with Crippen molar-refractivity contribution in [1.29, 1.82) is 0 Å². The van der Waals surface area contributed by atoms with Crippen molar-refractivity contribution in [2.24, 2.45) is 0 Å². The molecule has 1 amide bonds. The zero-order valence-corrected chi connectivity index (χ0v) is 21.2. The number of aliphatic hydroxyl groups is 1. The van der Waals surface area contributed by atoms with Crippen LogP contribution in [-0.2, 0) is 24.3 Å². The summed E-state index contributed by atoms with van der Waals surface area (Å²) in [5.41, 5.74) is 0.806. The molecule has 0 spiro atoms. The van der Waals surface area contributed by atoms with E-state index >= 15 is 0 Å². The van der Waals surface area contributed by atoms with Gasteiger partial charge in [-0.1, -0.05) is 18.6 Å². The molecule has 192 valence electrons. The summed E-state index contributed by atoms with van der Waals surface area (Å²) in [5.74, 6) is -1.30. The highest BCUT2D eigenvalue weighted by Gasteiger charge is 2.45. The van der Waals surface area contributed by atoms with E-state index in [4.69, 9.17) is 9.47 Å². The van der Waals surface area contributed by atoms with Gasteiger partial charge in [0.2, 0.25) is 10.0 Å². The maximum absolute atomic E-state index is 13.1. The minimum atomic E-state index is -3.64. The first-order valence-corrected chi connectivity index (χ1v) is 13.3. The van der Waals surface area contributed by atoms with Gasteiger partial charge in [-0.05, 0) is 54.8 Å². The molecule has 1 N–H and O–H groups in total. The molecule has 2 aliphatic heterocycles. The first-order chi connectivity index (χ1) is 17.3. The second kappa shape index (κ2) is 10.8. The van der Waals surface area contributed by atoms with Crippen LogP contribution in [0.4, 0.5) is 0 Å². The molecule has 0 aliphatic carbocycles. The molecule has 2 heterocycles. The summed E-state index contributed by atoms with van der Waals surface area (Å²) in [6.07, 6.45) is 2.66. The van der Waals surface area contributed by atoms with E-state index in [1.165, 1.54) is 47.7 Å². The van der Waals surface area contributed by atoms with Gasteiger partial charge in [-0.25, -0.2) is 8.42 Å². The molecule has 0 saturated carbocycles. The lowest BCUT2D eigenvalue weighted by Crippen LogP contribution is -2.35. The number of ether oxygens (including phenoxy) is 2. The van der Waals surface area contributed by atoms with Crippen LogP contribution in [0.5, 0.6) is 5.75 Å². The standard InChI is InChI=1S/C26H30N2O7S/c1-34-17-16-28-23(18-6-10-20(35-2)11-7-18)22(25(30)26(28)31)24(29)19-8-12-21(13-9-19)36(32,33)27-14-4-3-5-15-27/h6-13,23,29H,3-5,14-17H2,1-2H3/b24-22+. The largest absolute Gasteiger partial charge is 0.507 e. The number of amides is 1. The quantitative estimate of drug-likeness (QED) is 0.327. The van der Waals surface area contributed by atoms with Crippen molar-refractivity contribution >= 4 is 27.5 Å². The third-order valence-electron chi connectivity index (χ3n) is 6.59. The highest BCUT2D eigenvalue weighted by Crippen LogP contribution is 2.39. The molecule has 4 rings (SSSR count). The SMILES string of the molecule is COCCN1C(=O)C(=O)/C(=C(/O)c2ccc(S(=O)(=O)N3CCCCC3)cc2)C1c1ccc(OC)cc1. The minimum absolute atomic E-state index is 0.0621. The molecule has 0 aromatic heterocycles. The predicted molar refractivity (Wildman–Crippen MR) is 133 cm³/mol. The van der Waals surface area contributed by atoms with E-state index in [-0.39, 0.29) is 34.9 Å². The fraction of sp³-hybridized carbons (Fsp3) is 0.385. The zero-order valence-electron chi connectivity index (χ0n) is 20.3. The summed E-state index contributed by atoms with van der Waals surface area (Å²) < 4.78 is 37.8. The number of methoxy groups -OCH3 is 2. The van der Waals surface area contributed by atoms with Gasteiger partial charge in [0.15, 0.2) is 0 Å². The number of carbonyl (C=O) groups excluding carboxylic acids is 2. The van der Waals surface area contributed by atoms with Crippen LogP contribution in [-0.4, -0.2) is 74.9 Å². The van der Waals surface area contributed by atoms with Crippen molar-refractivity contribution in [3.8, 4) is 5.75 Å². The van der Waals surface area contributed by atoms with E-state index in [9.17, 15) is 23.1 Å². The van der Waals surface area contributed by atoms with Crippen LogP contribution < -0.4 is 4.74 Å². The summed E-state index contributed by atoms with van der Waals surface area (Å²) in [4.78, 5) is 27.4. The Hall–Kier alpha value is -3.21. The van der Waals surface area contributed by atoms with Gasteiger partial charge in [-0.2, -0.15) is 4.31 Å². The van der Waals surface area contributed by atoms with Gasteiger partial charge in [0.25, 0.3) is 11.7 Å². The van der Waals surface area contributed by atoms with Gasteiger partial charge in [-0.3, -0.25) is 9.59 Å². The molecule has 2 aromatic rings. The Kier molecular flexibility index (Phi) is 7.77. The molecule has 2 aromatic carbocycles. The molecule has 1 unspecified atom stereocenters. The highest BCUT2D eigenvalue weighted by molar-refractivity contribution is 7.89. The zero-order chi connectivity index (χ0) is 25.9. The van der Waals surface area contributed by atoms with Crippen molar-refractivity contribution < 1.29 is 32.6 Å². The molecule has 36 heavy (non-hydrogen) atoms. The van der Waals surface area contributed by atoms with E-state index in [0.29, 0.717) is 24.4 Å². The maximum Gasteiger partial charge on any atom is 0.295 e. The number of nitrogens with zero attached hydrogens (tertiary/aromatic N) is 2. The highest BCUT2D eigenvalue weighted by atomic mass is 32.2. The second-order valence-electron chi connectivity index (χ2n) is 8.75. The molecule has 10 heteroatoms. The lowest BCUT2D eigenvalue weighted by Gasteiger charge is -2.26. The number of likely N-dealkylation sites (tertiary alicyclic amines) is 1. The summed E-state index contributed by atoms with van der Waals surface area (Å²) in [5, 5.41) is 11.2. The third-order valence-corrected chi connectivity index (χ3v) is 8.50. The third kappa shape index (κ3) is 4.88. The van der Waals surface area contributed by atoms with E-state index in [1.807, 2.05) is 0 Å². The Morgan fingerprint density at radius 2 is 1.61 bits per heavy atom. The smallest absolute Gasteiger partial charge is 0.295 e. The summed E-state index contributed by atoms with van der Waals surface area (Å²) >= 11 is 0. The average molecular weight is 515 g/mol. The van der Waals surface area contributed by atoms with Crippen LogP contribution in [0, 0.1) is 0 Å². The molecule has 9 nitrogen and oxygen atoms in total. The van der Waals surface area contributed by atoms with Gasteiger partial charge in [0.05, 0.1) is 30.2 Å². The lowest BCUT2D eigenvalue weighted by molar-refractivity contribution is -0.140. The Balaban J connectivity index is 1.73. The van der Waals surface area contributed by atoms with Crippen molar-refractivity contribution in [3.05, 3.63) is 65.2 Å². The topological polar surface area (TPSA) is 113 Å². The number of rotatable bonds is 8. The first kappa shape index (κ1) is 25.9. The number of benzene rings is 2. The summed E-state index contributed by atoms with van der Waals surface area (Å²) in [6, 6.07) is 11.8. The van der Waals surface area contributed by atoms with Crippen LogP contribution >= 0.6 is 0 Å². The number of piperidine rings is 1. The normalized spacial score (nSPS) is 20.6. The van der Waals surface area contributed by atoms with Crippen LogP contribution in [0.2, 0.25) is 0 Å². The van der Waals surface area contributed by atoms with Crippen LogP contribution in [0.25, 0.3) is 5.76 Å². The number of hydrogen-bond donors (Lipinski definition) is 1. The minimum Gasteiger partial charge on any atom is -0.507 e. The van der Waals surface area contributed by atoms with Crippen molar-refractivity contribution in [1.82, 2.24) is 9.21 Å². The monoisotopic (exact) mass is 514 g/mol. The Morgan fingerprint density at radius 3 is 2.19 bits per heavy atom. The van der Waals surface area contributed by atoms with Gasteiger partial charge in [0, 0.05) is 32.3 Å². The fourth-order valence-corrected chi connectivity index (χ4v) is 6.14. The van der Waals surface area contributed by atoms with Gasteiger partial charge in [0.1, 0.15) is 11.5 Å². The number of sulfonamides is 1. The molecule has 2 aliphatic rings. The molecule has 0 bridgehead atoms. The number of carbonyl (C=O) groups is 2. The average Bonchev–Trinajstić information content (AvgIpc) is 3.17. The summed E-state index contributed by atoms with van der Waals surface area (Å²) in [7, 11) is -0.607. The molecular weight excluding hydrogens is 484 g/mol. The predicted octanol–water partition coefficient (Wildman–Crippen LogP) is 2.94. The van der Waals surface area contributed by atoms with Gasteiger partial charge < -0.3 is 19.5 Å². The first-order valence-electron chi connectivity index (χ1n) is 11.8. The number of hydrogen-bond acceptors (Lipinski definition) is 7. The number of Topliss-reactive ketones (excluding diaryl/α,β-unsaturated/α-hetero) is 1. The lowest BCUT2D eigenvalue weighted by atomic mass is 9.95. The van der Waals surface area contributed by atoms with E-state index in [2.05, 4.69) is 0 Å².